The van der Waals surface area contributed by atoms with Gasteiger partial charge in [-0.3, -0.25) is 19.8 Å². The van der Waals surface area contributed by atoms with E-state index in [0.717, 1.165) is 0 Å². The first kappa shape index (κ1) is 18.6. The first-order valence-electron chi connectivity index (χ1n) is 7.35. The Bertz CT molecular complexity index is 589. The fourth-order valence-corrected chi connectivity index (χ4v) is 2.01. The lowest BCUT2D eigenvalue weighted by atomic mass is 10.0. The van der Waals surface area contributed by atoms with Gasteiger partial charge in [0.25, 0.3) is 5.69 Å². The molecule has 1 aromatic carbocycles. The van der Waals surface area contributed by atoms with E-state index in [0.29, 0.717) is 12.1 Å². The van der Waals surface area contributed by atoms with Gasteiger partial charge in [-0.1, -0.05) is 0 Å². The molecule has 0 aliphatic rings. The maximum atomic E-state index is 12.5. The molecule has 7 heteroatoms. The van der Waals surface area contributed by atoms with Gasteiger partial charge in [0, 0.05) is 24.2 Å². The van der Waals surface area contributed by atoms with Crippen molar-refractivity contribution in [3.63, 3.8) is 0 Å². The van der Waals surface area contributed by atoms with Crippen LogP contribution in [0.3, 0.4) is 0 Å². The molecule has 0 saturated heterocycles. The van der Waals surface area contributed by atoms with E-state index in [9.17, 15) is 19.7 Å². The first-order chi connectivity index (χ1) is 10.6. The lowest BCUT2D eigenvalue weighted by Gasteiger charge is -2.30. The van der Waals surface area contributed by atoms with Gasteiger partial charge in [-0.15, -0.1) is 0 Å². The summed E-state index contributed by atoms with van der Waals surface area (Å²) in [4.78, 5) is 36.1. The van der Waals surface area contributed by atoms with E-state index in [2.05, 4.69) is 0 Å². The Morgan fingerprint density at radius 1 is 1.26 bits per heavy atom. The van der Waals surface area contributed by atoms with Crippen LogP contribution in [0.2, 0.25) is 0 Å². The molecule has 1 rings (SSSR count). The number of carbonyl (C=O) groups excluding carboxylic acids is 2. The lowest BCUT2D eigenvalue weighted by molar-refractivity contribution is -0.384. The van der Waals surface area contributed by atoms with Gasteiger partial charge in [0.05, 0.1) is 11.0 Å². The summed E-state index contributed by atoms with van der Waals surface area (Å²) in [7, 11) is 0. The van der Waals surface area contributed by atoms with E-state index in [4.69, 9.17) is 4.74 Å². The van der Waals surface area contributed by atoms with Crippen LogP contribution in [0.4, 0.5) is 10.5 Å². The minimum Gasteiger partial charge on any atom is -0.444 e. The maximum Gasteiger partial charge on any atom is 0.410 e. The van der Waals surface area contributed by atoms with E-state index in [1.807, 2.05) is 0 Å². The third-order valence-corrected chi connectivity index (χ3v) is 3.18. The number of ketones is 1. The van der Waals surface area contributed by atoms with E-state index < -0.39 is 22.7 Å². The highest BCUT2D eigenvalue weighted by atomic mass is 16.6. The Hall–Kier alpha value is -2.44. The molecule has 0 aromatic heterocycles. The summed E-state index contributed by atoms with van der Waals surface area (Å²) >= 11 is 0. The first-order valence-corrected chi connectivity index (χ1v) is 7.35. The summed E-state index contributed by atoms with van der Waals surface area (Å²) in [5.41, 5.74) is -0.431. The number of benzene rings is 1. The molecule has 0 aliphatic heterocycles. The largest absolute Gasteiger partial charge is 0.444 e. The lowest BCUT2D eigenvalue weighted by Crippen LogP contribution is -2.45. The molecule has 7 nitrogen and oxygen atoms in total. The van der Waals surface area contributed by atoms with Gasteiger partial charge in [-0.2, -0.15) is 0 Å². The maximum absolute atomic E-state index is 12.5. The van der Waals surface area contributed by atoms with Crippen LogP contribution in [-0.2, 0) is 4.74 Å². The van der Waals surface area contributed by atoms with Crippen molar-refractivity contribution < 1.29 is 19.2 Å². The standard InChI is InChI=1S/C16H22N2O5/c1-6-17(15(20)23-16(3,4)5)11(2)14(19)12-7-9-13(10-8-12)18(21)22/h7-11H,6H2,1-5H3. The highest BCUT2D eigenvalue weighted by Crippen LogP contribution is 2.17. The molecule has 126 valence electrons. The number of nitro benzene ring substituents is 1. The molecule has 0 fully saturated rings. The molecule has 1 aromatic rings. The minimum absolute atomic E-state index is 0.0892. The molecule has 1 amide bonds. The number of nitro groups is 1. The summed E-state index contributed by atoms with van der Waals surface area (Å²) in [5, 5.41) is 10.6. The number of rotatable bonds is 5. The molecule has 0 radical (unpaired) electrons. The number of nitrogens with zero attached hydrogens (tertiary/aromatic N) is 2. The van der Waals surface area contributed by atoms with Crippen LogP contribution in [0.25, 0.3) is 0 Å². The Morgan fingerprint density at radius 2 is 1.78 bits per heavy atom. The zero-order valence-corrected chi connectivity index (χ0v) is 14.0. The van der Waals surface area contributed by atoms with Gasteiger partial charge in [-0.25, -0.2) is 4.79 Å². The highest BCUT2D eigenvalue weighted by Gasteiger charge is 2.29. The van der Waals surface area contributed by atoms with Gasteiger partial charge < -0.3 is 4.74 Å². The Kier molecular flexibility index (Phi) is 5.84. The van der Waals surface area contributed by atoms with Crippen LogP contribution in [0, 0.1) is 10.1 Å². The average Bonchev–Trinajstić information content (AvgIpc) is 2.45. The van der Waals surface area contributed by atoms with Crippen LogP contribution < -0.4 is 0 Å². The van der Waals surface area contributed by atoms with E-state index in [-0.39, 0.29) is 11.5 Å². The predicted octanol–water partition coefficient (Wildman–Crippen LogP) is 3.42. The molecule has 0 aliphatic carbocycles. The van der Waals surface area contributed by atoms with Crippen molar-refractivity contribution in [1.82, 2.24) is 4.90 Å². The van der Waals surface area contributed by atoms with Gasteiger partial charge in [0.2, 0.25) is 0 Å². The molecule has 1 atom stereocenters. The minimum atomic E-state index is -0.726. The van der Waals surface area contributed by atoms with Gasteiger partial charge in [0.1, 0.15) is 5.60 Å². The van der Waals surface area contributed by atoms with E-state index in [1.165, 1.54) is 29.2 Å². The number of hydrogen-bond acceptors (Lipinski definition) is 5. The number of carbonyl (C=O) groups is 2. The third kappa shape index (κ3) is 5.05. The predicted molar refractivity (Wildman–Crippen MR) is 85.5 cm³/mol. The summed E-state index contributed by atoms with van der Waals surface area (Å²) in [5.74, 6) is -0.299. The number of hydrogen-bond donors (Lipinski definition) is 0. The van der Waals surface area contributed by atoms with Gasteiger partial charge in [-0.05, 0) is 46.8 Å². The molecule has 0 saturated carbocycles. The van der Waals surface area contributed by atoms with Crippen LogP contribution >= 0.6 is 0 Å². The molecule has 0 spiro atoms. The SMILES string of the molecule is CCN(C(=O)OC(C)(C)C)C(C)C(=O)c1ccc([N+](=O)[O-])cc1. The Labute approximate surface area is 135 Å². The highest BCUT2D eigenvalue weighted by molar-refractivity contribution is 6.01. The summed E-state index contributed by atoms with van der Waals surface area (Å²) < 4.78 is 5.29. The summed E-state index contributed by atoms with van der Waals surface area (Å²) in [6.07, 6.45) is -0.567. The fraction of sp³-hybridized carbons (Fsp3) is 0.500. The van der Waals surface area contributed by atoms with Crippen molar-refractivity contribution in [3.8, 4) is 0 Å². The van der Waals surface area contributed by atoms with Crippen molar-refractivity contribution in [3.05, 3.63) is 39.9 Å². The van der Waals surface area contributed by atoms with Crippen molar-refractivity contribution >= 4 is 17.6 Å². The molecule has 23 heavy (non-hydrogen) atoms. The molecule has 0 bridgehead atoms. The average molecular weight is 322 g/mol. The van der Waals surface area contributed by atoms with E-state index in [1.54, 1.807) is 34.6 Å². The molecular formula is C16H22N2O5. The van der Waals surface area contributed by atoms with Gasteiger partial charge >= 0.3 is 6.09 Å². The van der Waals surface area contributed by atoms with Crippen LogP contribution in [0.5, 0.6) is 0 Å². The third-order valence-electron chi connectivity index (χ3n) is 3.18. The monoisotopic (exact) mass is 322 g/mol. The summed E-state index contributed by atoms with van der Waals surface area (Å²) in [6, 6.07) is 4.59. The van der Waals surface area contributed by atoms with Gasteiger partial charge in [0.15, 0.2) is 5.78 Å². The number of ether oxygens (including phenoxy) is 1. The second-order valence-corrected chi connectivity index (χ2v) is 6.11. The fourth-order valence-electron chi connectivity index (χ4n) is 2.01. The second kappa shape index (κ2) is 7.21. The molecular weight excluding hydrogens is 300 g/mol. The summed E-state index contributed by atoms with van der Waals surface area (Å²) in [6.45, 7) is 8.93. The number of non-ortho nitro benzene ring substituents is 1. The van der Waals surface area contributed by atoms with Crippen LogP contribution in [-0.4, -0.2) is 39.9 Å². The van der Waals surface area contributed by atoms with Crippen molar-refractivity contribution in [1.29, 1.82) is 0 Å². The molecule has 0 heterocycles. The van der Waals surface area contributed by atoms with Crippen LogP contribution in [0.15, 0.2) is 24.3 Å². The zero-order valence-electron chi connectivity index (χ0n) is 14.0. The molecule has 0 N–H and O–H groups in total. The zero-order chi connectivity index (χ0) is 17.8. The normalized spacial score (nSPS) is 12.4. The van der Waals surface area contributed by atoms with Crippen molar-refractivity contribution in [2.45, 2.75) is 46.3 Å². The van der Waals surface area contributed by atoms with Crippen molar-refractivity contribution in [2.24, 2.45) is 0 Å². The van der Waals surface area contributed by atoms with Crippen LogP contribution in [0.1, 0.15) is 45.0 Å². The Balaban J connectivity index is 2.92. The smallest absolute Gasteiger partial charge is 0.410 e. The van der Waals surface area contributed by atoms with E-state index >= 15 is 0 Å². The quantitative estimate of drug-likeness (QED) is 0.470. The Morgan fingerprint density at radius 3 is 2.17 bits per heavy atom. The molecule has 1 unspecified atom stereocenters. The number of amides is 1. The number of Topliss-reactive ketones (excluding diaryl/α,β-unsaturated/α-hetero) is 1. The van der Waals surface area contributed by atoms with Crippen molar-refractivity contribution in [2.75, 3.05) is 6.54 Å². The topological polar surface area (TPSA) is 89.8 Å². The second-order valence-electron chi connectivity index (χ2n) is 6.11. The number of likely N-dealkylation sites (N-methyl/N-ethyl adjacent to an activating group) is 1.